The molecule has 0 atom stereocenters. The number of unbranched alkanes of at least 4 members (excludes halogenated alkanes) is 1. The standard InChI is InChI=1S/C33H32ClNO6/c1-3-4-5-33(38)35(21-31(37)24-8-12-26(36)13-9-24)25-10-16-28(17-11-25)41-29-18-19-30(34)32(20-29)40-22-23-6-14-27(39-2)15-7-23/h6-20,36H,3-5,21-22H2,1-2H3. The topological polar surface area (TPSA) is 85.3 Å². The maximum Gasteiger partial charge on any atom is 0.227 e. The van der Waals surface area contributed by atoms with E-state index in [1.165, 1.54) is 17.0 Å². The van der Waals surface area contributed by atoms with Crippen molar-refractivity contribution in [1.82, 2.24) is 0 Å². The molecule has 0 aromatic heterocycles. The Morgan fingerprint density at radius 3 is 2.17 bits per heavy atom. The molecule has 4 aromatic carbocycles. The molecule has 8 heteroatoms. The maximum absolute atomic E-state index is 13.0. The van der Waals surface area contributed by atoms with Crippen LogP contribution >= 0.6 is 11.6 Å². The molecule has 0 aliphatic heterocycles. The molecule has 0 saturated heterocycles. The molecule has 1 N–H and O–H groups in total. The minimum Gasteiger partial charge on any atom is -0.508 e. The van der Waals surface area contributed by atoms with Gasteiger partial charge in [-0.05, 0) is 84.8 Å². The van der Waals surface area contributed by atoms with Gasteiger partial charge in [0.25, 0.3) is 0 Å². The first-order valence-electron chi connectivity index (χ1n) is 13.3. The molecule has 212 valence electrons. The second-order valence-electron chi connectivity index (χ2n) is 9.38. The molecule has 4 rings (SSSR count). The number of rotatable bonds is 13. The van der Waals surface area contributed by atoms with E-state index in [9.17, 15) is 14.7 Å². The molecule has 0 spiro atoms. The van der Waals surface area contributed by atoms with Crippen LogP contribution in [-0.4, -0.2) is 30.5 Å². The molecule has 0 saturated carbocycles. The fourth-order valence-corrected chi connectivity index (χ4v) is 4.21. The first-order valence-corrected chi connectivity index (χ1v) is 13.7. The van der Waals surface area contributed by atoms with Gasteiger partial charge in [-0.2, -0.15) is 0 Å². The Morgan fingerprint density at radius 1 is 0.854 bits per heavy atom. The van der Waals surface area contributed by atoms with Crippen molar-refractivity contribution in [3.63, 3.8) is 0 Å². The summed E-state index contributed by atoms with van der Waals surface area (Å²) in [4.78, 5) is 27.5. The van der Waals surface area contributed by atoms with E-state index in [1.54, 1.807) is 61.7 Å². The SMILES string of the molecule is CCCCC(=O)N(CC(=O)c1ccc(O)cc1)c1ccc(Oc2ccc(Cl)c(OCc3ccc(OC)cc3)c2)cc1. The number of carbonyl (C=O) groups is 2. The van der Waals surface area contributed by atoms with Crippen LogP contribution in [0.25, 0.3) is 0 Å². The normalized spacial score (nSPS) is 10.6. The van der Waals surface area contributed by atoms with E-state index in [0.717, 1.165) is 24.2 Å². The minimum atomic E-state index is -0.224. The highest BCUT2D eigenvalue weighted by Crippen LogP contribution is 2.33. The zero-order valence-corrected chi connectivity index (χ0v) is 23.8. The lowest BCUT2D eigenvalue weighted by Gasteiger charge is -2.22. The molecule has 7 nitrogen and oxygen atoms in total. The molecule has 41 heavy (non-hydrogen) atoms. The number of Topliss-reactive ketones (excluding diaryl/α,β-unsaturated/α-hetero) is 1. The number of hydrogen-bond acceptors (Lipinski definition) is 6. The molecular weight excluding hydrogens is 542 g/mol. The van der Waals surface area contributed by atoms with Gasteiger partial charge >= 0.3 is 0 Å². The van der Waals surface area contributed by atoms with Crippen molar-refractivity contribution in [3.8, 4) is 28.7 Å². The summed E-state index contributed by atoms with van der Waals surface area (Å²) in [6.07, 6.45) is 1.93. The van der Waals surface area contributed by atoms with Crippen molar-refractivity contribution in [2.45, 2.75) is 32.8 Å². The first kappa shape index (κ1) is 29.5. The number of methoxy groups -OCH3 is 1. The van der Waals surface area contributed by atoms with Gasteiger partial charge < -0.3 is 24.2 Å². The third kappa shape index (κ3) is 8.25. The van der Waals surface area contributed by atoms with Crippen LogP contribution in [0.1, 0.15) is 42.1 Å². The molecule has 4 aromatic rings. The Balaban J connectivity index is 1.45. The predicted molar refractivity (Wildman–Crippen MR) is 160 cm³/mol. The van der Waals surface area contributed by atoms with E-state index < -0.39 is 0 Å². The van der Waals surface area contributed by atoms with Crippen molar-refractivity contribution in [1.29, 1.82) is 0 Å². The van der Waals surface area contributed by atoms with Crippen LogP contribution in [0, 0.1) is 0 Å². The number of ketones is 1. The fraction of sp³-hybridized carbons (Fsp3) is 0.212. The van der Waals surface area contributed by atoms with E-state index in [1.807, 2.05) is 31.2 Å². The number of halogens is 1. The highest BCUT2D eigenvalue weighted by atomic mass is 35.5. The molecule has 1 amide bonds. The van der Waals surface area contributed by atoms with E-state index >= 15 is 0 Å². The number of benzene rings is 4. The number of ether oxygens (including phenoxy) is 3. The summed E-state index contributed by atoms with van der Waals surface area (Å²) in [6.45, 7) is 2.23. The summed E-state index contributed by atoms with van der Waals surface area (Å²) in [5, 5.41) is 9.99. The average molecular weight is 574 g/mol. The molecule has 0 heterocycles. The van der Waals surface area contributed by atoms with Crippen LogP contribution in [0.4, 0.5) is 5.69 Å². The smallest absolute Gasteiger partial charge is 0.227 e. The molecule has 0 radical (unpaired) electrons. The first-order chi connectivity index (χ1) is 19.9. The Kier molecular flexibility index (Phi) is 10.2. The van der Waals surface area contributed by atoms with Crippen LogP contribution in [-0.2, 0) is 11.4 Å². The van der Waals surface area contributed by atoms with E-state index in [4.69, 9.17) is 25.8 Å². The Hall–Kier alpha value is -4.49. The summed E-state index contributed by atoms with van der Waals surface area (Å²) in [5.74, 6) is 2.04. The third-order valence-corrected chi connectivity index (χ3v) is 6.69. The number of amides is 1. The van der Waals surface area contributed by atoms with Crippen LogP contribution in [0.15, 0.2) is 91.0 Å². The number of phenols is 1. The molecular formula is C33H32ClNO6. The van der Waals surface area contributed by atoms with Crippen LogP contribution in [0.3, 0.4) is 0 Å². The van der Waals surface area contributed by atoms with Gasteiger partial charge in [0, 0.05) is 23.7 Å². The Morgan fingerprint density at radius 2 is 1.51 bits per heavy atom. The Labute approximate surface area is 244 Å². The van der Waals surface area contributed by atoms with E-state index in [2.05, 4.69) is 0 Å². The van der Waals surface area contributed by atoms with Gasteiger partial charge in [-0.3, -0.25) is 9.59 Å². The van der Waals surface area contributed by atoms with Crippen molar-refractivity contribution >= 4 is 29.0 Å². The van der Waals surface area contributed by atoms with Gasteiger partial charge in [-0.15, -0.1) is 0 Å². The zero-order chi connectivity index (χ0) is 29.2. The van der Waals surface area contributed by atoms with Crippen molar-refractivity contribution in [3.05, 3.63) is 107 Å². The van der Waals surface area contributed by atoms with Crippen LogP contribution in [0.2, 0.25) is 5.02 Å². The van der Waals surface area contributed by atoms with Crippen LogP contribution in [0.5, 0.6) is 28.7 Å². The van der Waals surface area contributed by atoms with Crippen molar-refractivity contribution in [2.24, 2.45) is 0 Å². The number of carbonyl (C=O) groups excluding carboxylic acids is 2. The van der Waals surface area contributed by atoms with Gasteiger partial charge in [0.2, 0.25) is 5.91 Å². The van der Waals surface area contributed by atoms with Gasteiger partial charge in [-0.1, -0.05) is 37.1 Å². The largest absolute Gasteiger partial charge is 0.508 e. The quantitative estimate of drug-likeness (QED) is 0.164. The lowest BCUT2D eigenvalue weighted by molar-refractivity contribution is -0.118. The number of phenolic OH excluding ortho intramolecular Hbond substituents is 1. The third-order valence-electron chi connectivity index (χ3n) is 6.38. The fourth-order valence-electron chi connectivity index (χ4n) is 4.04. The predicted octanol–water partition coefficient (Wildman–Crippen LogP) is 7.83. The summed E-state index contributed by atoms with van der Waals surface area (Å²) < 4.78 is 17.1. The zero-order valence-electron chi connectivity index (χ0n) is 23.0. The van der Waals surface area contributed by atoms with Gasteiger partial charge in [0.05, 0.1) is 18.7 Å². The number of anilines is 1. The molecule has 0 unspecified atom stereocenters. The van der Waals surface area contributed by atoms with E-state index in [0.29, 0.717) is 46.5 Å². The van der Waals surface area contributed by atoms with E-state index in [-0.39, 0.29) is 24.0 Å². The number of hydrogen-bond donors (Lipinski definition) is 1. The summed E-state index contributed by atoms with van der Waals surface area (Å²) in [7, 11) is 1.62. The highest BCUT2D eigenvalue weighted by Gasteiger charge is 2.20. The number of aromatic hydroxyl groups is 1. The van der Waals surface area contributed by atoms with Gasteiger partial charge in [-0.25, -0.2) is 0 Å². The van der Waals surface area contributed by atoms with Crippen molar-refractivity contribution in [2.75, 3.05) is 18.6 Å². The highest BCUT2D eigenvalue weighted by molar-refractivity contribution is 6.32. The lowest BCUT2D eigenvalue weighted by Crippen LogP contribution is -2.35. The van der Waals surface area contributed by atoms with Gasteiger partial charge in [0.15, 0.2) is 5.78 Å². The molecule has 0 aliphatic rings. The summed E-state index contributed by atoms with van der Waals surface area (Å²) in [5.41, 5.74) is 1.97. The number of nitrogens with zero attached hydrogens (tertiary/aromatic N) is 1. The second-order valence-corrected chi connectivity index (χ2v) is 9.79. The minimum absolute atomic E-state index is 0.0737. The Bertz CT molecular complexity index is 1450. The molecule has 0 fully saturated rings. The molecule has 0 aliphatic carbocycles. The van der Waals surface area contributed by atoms with Crippen LogP contribution < -0.4 is 19.1 Å². The molecule has 0 bridgehead atoms. The summed E-state index contributed by atoms with van der Waals surface area (Å²) in [6, 6.07) is 25.7. The average Bonchev–Trinajstić information content (AvgIpc) is 3.00. The van der Waals surface area contributed by atoms with Crippen molar-refractivity contribution < 1.29 is 28.9 Å². The maximum atomic E-state index is 13.0. The summed E-state index contributed by atoms with van der Waals surface area (Å²) >= 11 is 6.35. The van der Waals surface area contributed by atoms with Gasteiger partial charge in [0.1, 0.15) is 35.4 Å². The monoisotopic (exact) mass is 573 g/mol. The second kappa shape index (κ2) is 14.2. The lowest BCUT2D eigenvalue weighted by atomic mass is 10.1.